The van der Waals surface area contributed by atoms with Gasteiger partial charge in [0.2, 0.25) is 5.95 Å². The Hall–Kier alpha value is -3.44. The van der Waals surface area contributed by atoms with E-state index in [0.29, 0.717) is 28.0 Å². The lowest BCUT2D eigenvalue weighted by Gasteiger charge is -2.06. The van der Waals surface area contributed by atoms with E-state index in [1.165, 1.54) is 0 Å². The van der Waals surface area contributed by atoms with Gasteiger partial charge in [-0.15, -0.1) is 0 Å². The summed E-state index contributed by atoms with van der Waals surface area (Å²) < 4.78 is 1.73. The van der Waals surface area contributed by atoms with Gasteiger partial charge in [-0.05, 0) is 31.9 Å². The molecule has 3 aromatic rings. The van der Waals surface area contributed by atoms with Crippen LogP contribution in [0.2, 0.25) is 0 Å². The minimum atomic E-state index is -1.13. The lowest BCUT2D eigenvalue weighted by molar-refractivity contribution is 0.0964. The molecule has 0 spiro atoms. The van der Waals surface area contributed by atoms with Crippen LogP contribution in [-0.2, 0) is 0 Å². The molecular formula is C18H18N6O2. The van der Waals surface area contributed by atoms with Gasteiger partial charge in [0, 0.05) is 31.0 Å². The maximum absolute atomic E-state index is 12.2. The number of pyridine rings is 1. The van der Waals surface area contributed by atoms with Gasteiger partial charge in [0.05, 0.1) is 11.1 Å². The highest BCUT2D eigenvalue weighted by atomic mass is 16.3. The Kier molecular flexibility index (Phi) is 4.32. The Morgan fingerprint density at radius 2 is 2.15 bits per heavy atom. The lowest BCUT2D eigenvalue weighted by atomic mass is 10.1. The third-order valence-corrected chi connectivity index (χ3v) is 3.56. The van der Waals surface area contributed by atoms with E-state index in [0.717, 1.165) is 0 Å². The number of amides is 1. The molecule has 0 bridgehead atoms. The summed E-state index contributed by atoms with van der Waals surface area (Å²) in [6.07, 6.45) is 4.79. The second-order valence-corrected chi connectivity index (χ2v) is 6.16. The van der Waals surface area contributed by atoms with Gasteiger partial charge in [0.1, 0.15) is 17.1 Å². The van der Waals surface area contributed by atoms with Gasteiger partial charge < -0.3 is 20.7 Å². The van der Waals surface area contributed by atoms with Crippen molar-refractivity contribution >= 4 is 22.8 Å². The summed E-state index contributed by atoms with van der Waals surface area (Å²) in [6.45, 7) is 3.18. The molecule has 0 aliphatic rings. The lowest BCUT2D eigenvalue weighted by Crippen LogP contribution is -2.17. The summed E-state index contributed by atoms with van der Waals surface area (Å²) in [5.74, 6) is 5.96. The van der Waals surface area contributed by atoms with Crippen molar-refractivity contribution in [3.63, 3.8) is 0 Å². The zero-order chi connectivity index (χ0) is 18.9. The highest BCUT2D eigenvalue weighted by molar-refractivity contribution is 6.07. The highest BCUT2D eigenvalue weighted by Crippen LogP contribution is 2.24. The molecule has 3 heterocycles. The van der Waals surface area contributed by atoms with E-state index in [9.17, 15) is 9.90 Å². The number of carbonyl (C=O) groups is 1. The second kappa shape index (κ2) is 6.46. The normalized spacial score (nSPS) is 11.1. The van der Waals surface area contributed by atoms with E-state index in [4.69, 9.17) is 5.73 Å². The molecule has 0 unspecified atom stereocenters. The molecule has 0 aliphatic heterocycles. The van der Waals surface area contributed by atoms with Gasteiger partial charge in [0.15, 0.2) is 0 Å². The molecule has 1 amide bonds. The van der Waals surface area contributed by atoms with Crippen LogP contribution < -0.4 is 11.1 Å². The number of rotatable bonds is 2. The molecule has 4 N–H and O–H groups in total. The van der Waals surface area contributed by atoms with Crippen molar-refractivity contribution in [2.24, 2.45) is 0 Å². The molecular weight excluding hydrogens is 332 g/mol. The molecule has 0 radical (unpaired) electrons. The van der Waals surface area contributed by atoms with Crippen LogP contribution in [0.3, 0.4) is 0 Å². The smallest absolute Gasteiger partial charge is 0.253 e. The van der Waals surface area contributed by atoms with Gasteiger partial charge in [0.25, 0.3) is 5.91 Å². The molecule has 8 nitrogen and oxygen atoms in total. The summed E-state index contributed by atoms with van der Waals surface area (Å²) in [4.78, 5) is 24.6. The number of fused-ring (bicyclic) bond motifs is 1. The maximum atomic E-state index is 12.2. The third-order valence-electron chi connectivity index (χ3n) is 3.56. The van der Waals surface area contributed by atoms with E-state index in [1.54, 1.807) is 56.2 Å². The van der Waals surface area contributed by atoms with Gasteiger partial charge in [-0.3, -0.25) is 4.79 Å². The van der Waals surface area contributed by atoms with Crippen LogP contribution in [0.1, 0.15) is 29.9 Å². The Bertz CT molecular complexity index is 1050. The van der Waals surface area contributed by atoms with E-state index >= 15 is 0 Å². The molecule has 0 atom stereocenters. The average Bonchev–Trinajstić information content (AvgIpc) is 2.97. The van der Waals surface area contributed by atoms with Crippen LogP contribution in [0.25, 0.3) is 16.7 Å². The summed E-state index contributed by atoms with van der Waals surface area (Å²) in [5.41, 5.74) is 6.16. The van der Waals surface area contributed by atoms with Crippen molar-refractivity contribution in [3.05, 3.63) is 42.0 Å². The van der Waals surface area contributed by atoms with Crippen LogP contribution in [0.4, 0.5) is 5.95 Å². The zero-order valence-corrected chi connectivity index (χ0v) is 14.6. The number of aliphatic hydroxyl groups is 1. The minimum absolute atomic E-state index is 0.127. The van der Waals surface area contributed by atoms with Crippen LogP contribution in [0.15, 0.2) is 30.7 Å². The monoisotopic (exact) mass is 350 g/mol. The molecule has 0 saturated carbocycles. The molecule has 0 aromatic carbocycles. The van der Waals surface area contributed by atoms with Gasteiger partial charge in [-0.2, -0.15) is 4.98 Å². The van der Waals surface area contributed by atoms with E-state index < -0.39 is 5.60 Å². The fourth-order valence-electron chi connectivity index (χ4n) is 2.41. The first kappa shape index (κ1) is 17.4. The minimum Gasteiger partial charge on any atom is -0.378 e. The molecule has 0 fully saturated rings. The quantitative estimate of drug-likeness (QED) is 0.590. The van der Waals surface area contributed by atoms with Crippen LogP contribution in [0.5, 0.6) is 0 Å². The van der Waals surface area contributed by atoms with Gasteiger partial charge >= 0.3 is 0 Å². The number of carbonyl (C=O) groups excluding carboxylic acids is 1. The first-order chi connectivity index (χ1) is 12.3. The maximum Gasteiger partial charge on any atom is 0.253 e. The predicted octanol–water partition coefficient (Wildman–Crippen LogP) is 0.880. The fraction of sp³-hybridized carbons (Fsp3) is 0.222. The van der Waals surface area contributed by atoms with Gasteiger partial charge in [-0.25, -0.2) is 9.97 Å². The summed E-state index contributed by atoms with van der Waals surface area (Å²) in [5, 5.41) is 13.0. The van der Waals surface area contributed by atoms with Crippen molar-refractivity contribution in [3.8, 4) is 17.7 Å². The van der Waals surface area contributed by atoms with Crippen molar-refractivity contribution in [2.75, 3.05) is 12.8 Å². The molecule has 8 heteroatoms. The van der Waals surface area contributed by atoms with E-state index in [-0.39, 0.29) is 11.9 Å². The average molecular weight is 350 g/mol. The number of nitrogens with zero attached hydrogens (tertiary/aromatic N) is 4. The molecule has 3 rings (SSSR count). The van der Waals surface area contributed by atoms with E-state index in [1.807, 2.05) is 0 Å². The topological polar surface area (TPSA) is 119 Å². The Morgan fingerprint density at radius 1 is 1.38 bits per heavy atom. The van der Waals surface area contributed by atoms with Crippen LogP contribution in [-0.4, -0.2) is 43.2 Å². The summed E-state index contributed by atoms with van der Waals surface area (Å²) >= 11 is 0. The Balaban J connectivity index is 2.24. The Labute approximate surface area is 150 Å². The number of nitrogens with one attached hydrogen (secondary N) is 1. The third kappa shape index (κ3) is 3.48. The molecule has 0 saturated heterocycles. The van der Waals surface area contributed by atoms with Crippen molar-refractivity contribution in [2.45, 2.75) is 19.4 Å². The molecule has 26 heavy (non-hydrogen) atoms. The zero-order valence-electron chi connectivity index (χ0n) is 14.6. The number of hydrogen-bond acceptors (Lipinski definition) is 6. The molecule has 132 valence electrons. The first-order valence-corrected chi connectivity index (χ1v) is 7.86. The standard InChI is InChI=1S/C18H18N6O2/c1-18(2,26)6-4-11-8-14-12(9-22-11)13(16(25)20-3)10-24(14)15-5-7-21-17(19)23-15/h5,7-10,26H,1-3H3,(H,20,25)(H2,19,21,23). The summed E-state index contributed by atoms with van der Waals surface area (Å²) in [7, 11) is 1.56. The van der Waals surface area contributed by atoms with Crippen molar-refractivity contribution in [1.82, 2.24) is 24.8 Å². The number of nitrogen functional groups attached to an aromatic ring is 1. The highest BCUT2D eigenvalue weighted by Gasteiger charge is 2.17. The van der Waals surface area contributed by atoms with Gasteiger partial charge in [-0.1, -0.05) is 5.92 Å². The fourth-order valence-corrected chi connectivity index (χ4v) is 2.41. The van der Waals surface area contributed by atoms with Crippen LogP contribution >= 0.6 is 0 Å². The van der Waals surface area contributed by atoms with Crippen LogP contribution in [0, 0.1) is 11.8 Å². The second-order valence-electron chi connectivity index (χ2n) is 6.16. The van der Waals surface area contributed by atoms with E-state index in [2.05, 4.69) is 32.1 Å². The largest absolute Gasteiger partial charge is 0.378 e. The first-order valence-electron chi connectivity index (χ1n) is 7.86. The summed E-state index contributed by atoms with van der Waals surface area (Å²) in [6, 6.07) is 3.42. The Morgan fingerprint density at radius 3 is 2.81 bits per heavy atom. The number of aromatic nitrogens is 4. The molecule has 0 aliphatic carbocycles. The number of hydrogen-bond donors (Lipinski definition) is 3. The SMILES string of the molecule is CNC(=O)c1cn(-c2ccnc(N)n2)c2cc(C#CC(C)(C)O)ncc12. The van der Waals surface area contributed by atoms with Crippen molar-refractivity contribution < 1.29 is 9.90 Å². The predicted molar refractivity (Wildman–Crippen MR) is 97.6 cm³/mol. The molecule has 3 aromatic heterocycles. The van der Waals surface area contributed by atoms with Crippen molar-refractivity contribution in [1.29, 1.82) is 0 Å². The number of anilines is 1. The number of nitrogens with two attached hydrogens (primary N) is 1.